The van der Waals surface area contributed by atoms with Gasteiger partial charge in [-0.3, -0.25) is 14.6 Å². The van der Waals surface area contributed by atoms with Crippen LogP contribution in [0, 0.1) is 13.8 Å². The predicted octanol–water partition coefficient (Wildman–Crippen LogP) is 4.27. The molecule has 3 aromatic rings. The van der Waals surface area contributed by atoms with Crippen LogP contribution in [0.25, 0.3) is 10.9 Å². The van der Waals surface area contributed by atoms with E-state index in [4.69, 9.17) is 0 Å². The molecule has 1 N–H and O–H groups in total. The number of aryl methyl sites for hydroxylation is 2. The van der Waals surface area contributed by atoms with Crippen LogP contribution in [0.5, 0.6) is 0 Å². The fourth-order valence-electron chi connectivity index (χ4n) is 4.00. The van der Waals surface area contributed by atoms with Crippen molar-refractivity contribution < 1.29 is 9.59 Å². The van der Waals surface area contributed by atoms with E-state index in [-0.39, 0.29) is 18.2 Å². The molecular formula is C24H25N3O2. The van der Waals surface area contributed by atoms with Crippen molar-refractivity contribution in [2.75, 3.05) is 18.4 Å². The lowest BCUT2D eigenvalue weighted by atomic mass is 9.99. The Balaban J connectivity index is 1.46. The van der Waals surface area contributed by atoms with Crippen LogP contribution < -0.4 is 5.32 Å². The zero-order chi connectivity index (χ0) is 20.4. The molecule has 0 bridgehead atoms. The Kier molecular flexibility index (Phi) is 5.30. The van der Waals surface area contributed by atoms with Crippen molar-refractivity contribution in [2.24, 2.45) is 0 Å². The van der Waals surface area contributed by atoms with Crippen LogP contribution in [0.1, 0.15) is 40.0 Å². The number of carbonyl (C=O) groups excluding carboxylic acids is 2. The molecule has 5 heteroatoms. The summed E-state index contributed by atoms with van der Waals surface area (Å²) in [6, 6.07) is 15.1. The van der Waals surface area contributed by atoms with E-state index in [0.29, 0.717) is 11.3 Å². The summed E-state index contributed by atoms with van der Waals surface area (Å²) in [5, 5.41) is 4.01. The van der Waals surface area contributed by atoms with E-state index < -0.39 is 0 Å². The molecule has 2 amide bonds. The monoisotopic (exact) mass is 387 g/mol. The molecule has 0 unspecified atom stereocenters. The number of likely N-dealkylation sites (tertiary alicyclic amines) is 1. The number of hydrogen-bond donors (Lipinski definition) is 1. The lowest BCUT2D eigenvalue weighted by Crippen LogP contribution is -2.27. The first kappa shape index (κ1) is 19.1. The van der Waals surface area contributed by atoms with E-state index in [2.05, 4.69) is 10.3 Å². The summed E-state index contributed by atoms with van der Waals surface area (Å²) in [6.07, 6.45) is 2.41. The first-order valence-corrected chi connectivity index (χ1v) is 10.1. The van der Waals surface area contributed by atoms with Gasteiger partial charge in [-0.25, -0.2) is 0 Å². The highest BCUT2D eigenvalue weighted by Gasteiger charge is 2.19. The second kappa shape index (κ2) is 8.03. The Hall–Kier alpha value is -3.21. The number of aromatic nitrogens is 1. The van der Waals surface area contributed by atoms with Gasteiger partial charge in [-0.05, 0) is 68.1 Å². The lowest BCUT2D eigenvalue weighted by molar-refractivity contribution is -0.115. The summed E-state index contributed by atoms with van der Waals surface area (Å²) < 4.78 is 0. The Morgan fingerprint density at radius 3 is 2.41 bits per heavy atom. The molecule has 4 rings (SSSR count). The van der Waals surface area contributed by atoms with E-state index in [9.17, 15) is 9.59 Å². The maximum atomic E-state index is 12.6. The minimum absolute atomic E-state index is 0.0638. The highest BCUT2D eigenvalue weighted by atomic mass is 16.2. The van der Waals surface area contributed by atoms with E-state index in [1.807, 2.05) is 43.0 Å². The molecule has 2 aromatic carbocycles. The SMILES string of the molecule is Cc1nc2ccccc2c(C)c1CC(=O)Nc1ccc(C(=O)N2CCCC2)cc1. The minimum atomic E-state index is -0.0908. The van der Waals surface area contributed by atoms with Gasteiger partial charge in [-0.15, -0.1) is 0 Å². The van der Waals surface area contributed by atoms with Crippen LogP contribution in [0.2, 0.25) is 0 Å². The van der Waals surface area contributed by atoms with Crippen molar-refractivity contribution in [1.82, 2.24) is 9.88 Å². The summed E-state index contributed by atoms with van der Waals surface area (Å²) in [6.45, 7) is 5.64. The molecule has 1 saturated heterocycles. The van der Waals surface area contributed by atoms with Gasteiger partial charge in [0.25, 0.3) is 5.91 Å². The molecule has 0 radical (unpaired) electrons. The molecule has 5 nitrogen and oxygen atoms in total. The van der Waals surface area contributed by atoms with Crippen molar-refractivity contribution >= 4 is 28.4 Å². The van der Waals surface area contributed by atoms with Crippen LogP contribution >= 0.6 is 0 Å². The number of amides is 2. The van der Waals surface area contributed by atoms with Crippen LogP contribution in [0.3, 0.4) is 0 Å². The van der Waals surface area contributed by atoms with Gasteiger partial charge >= 0.3 is 0 Å². The van der Waals surface area contributed by atoms with Gasteiger partial charge in [-0.2, -0.15) is 0 Å². The van der Waals surface area contributed by atoms with Crippen molar-refractivity contribution in [1.29, 1.82) is 0 Å². The molecule has 29 heavy (non-hydrogen) atoms. The molecule has 1 fully saturated rings. The smallest absolute Gasteiger partial charge is 0.253 e. The number of anilines is 1. The Morgan fingerprint density at radius 1 is 1.00 bits per heavy atom. The van der Waals surface area contributed by atoms with Crippen molar-refractivity contribution in [3.05, 3.63) is 70.9 Å². The van der Waals surface area contributed by atoms with Gasteiger partial charge in [0.05, 0.1) is 11.9 Å². The van der Waals surface area contributed by atoms with E-state index in [1.54, 1.807) is 24.3 Å². The zero-order valence-electron chi connectivity index (χ0n) is 16.9. The largest absolute Gasteiger partial charge is 0.339 e. The highest BCUT2D eigenvalue weighted by Crippen LogP contribution is 2.23. The number of carbonyl (C=O) groups is 2. The molecule has 1 aliphatic heterocycles. The van der Waals surface area contributed by atoms with E-state index >= 15 is 0 Å². The highest BCUT2D eigenvalue weighted by molar-refractivity contribution is 5.97. The van der Waals surface area contributed by atoms with Crippen LogP contribution in [-0.2, 0) is 11.2 Å². The molecule has 0 spiro atoms. The molecule has 0 atom stereocenters. The topological polar surface area (TPSA) is 62.3 Å². The maximum absolute atomic E-state index is 12.6. The van der Waals surface area contributed by atoms with Gasteiger partial charge in [0.1, 0.15) is 0 Å². The number of benzene rings is 2. The van der Waals surface area contributed by atoms with Crippen LogP contribution in [-0.4, -0.2) is 34.8 Å². The minimum Gasteiger partial charge on any atom is -0.339 e. The summed E-state index contributed by atoms with van der Waals surface area (Å²) >= 11 is 0. The van der Waals surface area contributed by atoms with Gasteiger partial charge in [0.15, 0.2) is 0 Å². The number of rotatable bonds is 4. The Bertz CT molecular complexity index is 1070. The standard InChI is InChI=1S/C24H25N3O2/c1-16-20-7-3-4-8-22(20)25-17(2)21(16)15-23(28)26-19-11-9-18(10-12-19)24(29)27-13-5-6-14-27/h3-4,7-12H,5-6,13-15H2,1-2H3,(H,26,28). The third-order valence-electron chi connectivity index (χ3n) is 5.63. The third-order valence-corrected chi connectivity index (χ3v) is 5.63. The molecule has 1 aromatic heterocycles. The normalized spacial score (nSPS) is 13.7. The van der Waals surface area contributed by atoms with Crippen molar-refractivity contribution in [3.63, 3.8) is 0 Å². The number of nitrogens with one attached hydrogen (secondary N) is 1. The van der Waals surface area contributed by atoms with Crippen molar-refractivity contribution in [3.8, 4) is 0 Å². The summed E-state index contributed by atoms with van der Waals surface area (Å²) in [5.74, 6) is -0.0271. The van der Waals surface area contributed by atoms with Crippen molar-refractivity contribution in [2.45, 2.75) is 33.1 Å². The Morgan fingerprint density at radius 2 is 1.69 bits per heavy atom. The zero-order valence-corrected chi connectivity index (χ0v) is 16.9. The molecule has 148 valence electrons. The second-order valence-corrected chi connectivity index (χ2v) is 7.62. The van der Waals surface area contributed by atoms with Gasteiger partial charge in [-0.1, -0.05) is 18.2 Å². The second-order valence-electron chi connectivity index (χ2n) is 7.62. The summed E-state index contributed by atoms with van der Waals surface area (Å²) in [7, 11) is 0. The number of hydrogen-bond acceptors (Lipinski definition) is 3. The fraction of sp³-hybridized carbons (Fsp3) is 0.292. The van der Waals surface area contributed by atoms with Crippen LogP contribution in [0.15, 0.2) is 48.5 Å². The average Bonchev–Trinajstić information content (AvgIpc) is 3.26. The van der Waals surface area contributed by atoms with Gasteiger partial charge < -0.3 is 10.2 Å². The Labute approximate surface area is 170 Å². The maximum Gasteiger partial charge on any atom is 0.253 e. The van der Waals surface area contributed by atoms with E-state index in [0.717, 1.165) is 53.7 Å². The number of pyridine rings is 1. The summed E-state index contributed by atoms with van der Waals surface area (Å²) in [5.41, 5.74) is 5.23. The first-order valence-electron chi connectivity index (χ1n) is 10.1. The fourth-order valence-corrected chi connectivity index (χ4v) is 4.00. The number of para-hydroxylation sites is 1. The predicted molar refractivity (Wildman–Crippen MR) is 115 cm³/mol. The molecule has 0 aliphatic carbocycles. The van der Waals surface area contributed by atoms with E-state index in [1.165, 1.54) is 0 Å². The lowest BCUT2D eigenvalue weighted by Gasteiger charge is -2.15. The molecular weight excluding hydrogens is 362 g/mol. The number of fused-ring (bicyclic) bond motifs is 1. The molecule has 2 heterocycles. The third kappa shape index (κ3) is 3.99. The molecule has 0 saturated carbocycles. The quantitative estimate of drug-likeness (QED) is 0.727. The van der Waals surface area contributed by atoms with Gasteiger partial charge in [0, 0.05) is 35.4 Å². The number of nitrogens with zero attached hydrogens (tertiary/aromatic N) is 2. The molecule has 1 aliphatic rings. The first-order chi connectivity index (χ1) is 14.0. The summed E-state index contributed by atoms with van der Waals surface area (Å²) in [4.78, 5) is 31.6. The average molecular weight is 387 g/mol. The van der Waals surface area contributed by atoms with Crippen LogP contribution in [0.4, 0.5) is 5.69 Å². The van der Waals surface area contributed by atoms with Gasteiger partial charge in [0.2, 0.25) is 5.91 Å².